The third-order valence-electron chi connectivity index (χ3n) is 3.15. The van der Waals surface area contributed by atoms with Gasteiger partial charge in [0.1, 0.15) is 0 Å². The van der Waals surface area contributed by atoms with E-state index >= 15 is 0 Å². The van der Waals surface area contributed by atoms with Gasteiger partial charge in [-0.2, -0.15) is 0 Å². The molecule has 1 aliphatic carbocycles. The molecule has 1 saturated carbocycles. The van der Waals surface area contributed by atoms with E-state index in [4.69, 9.17) is 0 Å². The lowest BCUT2D eigenvalue weighted by molar-refractivity contribution is 0.183. The predicted octanol–water partition coefficient (Wildman–Crippen LogP) is 1.68. The molecule has 0 spiro atoms. The number of aliphatic hydroxyl groups excluding tert-OH is 1. The summed E-state index contributed by atoms with van der Waals surface area (Å²) in [4.78, 5) is 0.372. The summed E-state index contributed by atoms with van der Waals surface area (Å²) in [6.07, 6.45) is 1.08. The Morgan fingerprint density at radius 2 is 1.81 bits per heavy atom. The quantitative estimate of drug-likeness (QED) is 0.855. The van der Waals surface area contributed by atoms with Gasteiger partial charge in [-0.1, -0.05) is 17.7 Å². The lowest BCUT2D eigenvalue weighted by atomic mass is 10.2. The van der Waals surface area contributed by atoms with Crippen LogP contribution in [0.15, 0.2) is 29.2 Å². The van der Waals surface area contributed by atoms with E-state index in [0.29, 0.717) is 24.2 Å². The highest BCUT2D eigenvalue weighted by Gasteiger charge is 2.34. The number of hydrogen-bond donors (Lipinski definition) is 1. The zero-order valence-corrected chi connectivity index (χ0v) is 10.1. The Kier molecular flexibility index (Phi) is 3.04. The molecule has 3 nitrogen and oxygen atoms in total. The highest BCUT2D eigenvalue weighted by atomic mass is 32.2. The first-order valence-corrected chi connectivity index (χ1v) is 7.03. The van der Waals surface area contributed by atoms with Crippen molar-refractivity contribution in [1.82, 2.24) is 0 Å². The summed E-state index contributed by atoms with van der Waals surface area (Å²) in [6.45, 7) is 1.93. The van der Waals surface area contributed by atoms with Crippen molar-refractivity contribution in [3.05, 3.63) is 29.8 Å². The van der Waals surface area contributed by atoms with Gasteiger partial charge in [-0.3, -0.25) is 0 Å². The third kappa shape index (κ3) is 2.13. The Labute approximate surface area is 96.0 Å². The summed E-state index contributed by atoms with van der Waals surface area (Å²) >= 11 is 0. The van der Waals surface area contributed by atoms with Crippen LogP contribution >= 0.6 is 0 Å². The van der Waals surface area contributed by atoms with Crippen LogP contribution in [0.3, 0.4) is 0 Å². The molecule has 0 radical (unpaired) electrons. The highest BCUT2D eigenvalue weighted by molar-refractivity contribution is 7.92. The smallest absolute Gasteiger partial charge is 0.181 e. The molecular weight excluding hydrogens is 224 g/mol. The Bertz CT molecular complexity index is 462. The van der Waals surface area contributed by atoms with Gasteiger partial charge in [-0.15, -0.1) is 0 Å². The summed E-state index contributed by atoms with van der Waals surface area (Å²) < 4.78 is 24.4. The second-order valence-corrected chi connectivity index (χ2v) is 6.68. The van der Waals surface area contributed by atoms with E-state index in [-0.39, 0.29) is 0 Å². The molecule has 1 N–H and O–H groups in total. The fourth-order valence-electron chi connectivity index (χ4n) is 2.12. The lowest BCUT2D eigenvalue weighted by Gasteiger charge is -2.11. The Morgan fingerprint density at radius 3 is 2.31 bits per heavy atom. The lowest BCUT2D eigenvalue weighted by Crippen LogP contribution is -2.19. The first kappa shape index (κ1) is 11.6. The molecule has 0 amide bonds. The largest absolute Gasteiger partial charge is 0.393 e. The van der Waals surface area contributed by atoms with E-state index in [1.165, 1.54) is 0 Å². The molecule has 2 rings (SSSR count). The molecule has 1 fully saturated rings. The van der Waals surface area contributed by atoms with Crippen molar-refractivity contribution in [2.24, 2.45) is 0 Å². The van der Waals surface area contributed by atoms with Crippen molar-refractivity contribution in [2.45, 2.75) is 42.4 Å². The first-order valence-electron chi connectivity index (χ1n) is 5.49. The minimum Gasteiger partial charge on any atom is -0.393 e. The number of rotatable bonds is 2. The van der Waals surface area contributed by atoms with E-state index in [1.807, 2.05) is 6.92 Å². The first-order chi connectivity index (χ1) is 7.50. The minimum absolute atomic E-state index is 0.371. The van der Waals surface area contributed by atoms with Crippen LogP contribution in [0.5, 0.6) is 0 Å². The van der Waals surface area contributed by atoms with Crippen LogP contribution in [0.1, 0.15) is 24.8 Å². The van der Waals surface area contributed by atoms with Crippen LogP contribution in [-0.4, -0.2) is 24.9 Å². The zero-order chi connectivity index (χ0) is 11.8. The van der Waals surface area contributed by atoms with Gasteiger partial charge in [0.2, 0.25) is 0 Å². The van der Waals surface area contributed by atoms with Gasteiger partial charge in [0.25, 0.3) is 0 Å². The molecule has 0 aromatic heterocycles. The summed E-state index contributed by atoms with van der Waals surface area (Å²) in [5.74, 6) is 0. The fourth-order valence-corrected chi connectivity index (χ4v) is 3.94. The Balaban J connectivity index is 2.29. The molecule has 0 heterocycles. The Morgan fingerprint density at radius 1 is 1.19 bits per heavy atom. The predicted molar refractivity (Wildman–Crippen MR) is 62.0 cm³/mol. The number of aryl methyl sites for hydroxylation is 1. The molecular formula is C12H16O3S. The van der Waals surface area contributed by atoms with E-state index in [2.05, 4.69) is 0 Å². The number of sulfone groups is 1. The van der Waals surface area contributed by atoms with E-state index in [9.17, 15) is 13.5 Å². The highest BCUT2D eigenvalue weighted by Crippen LogP contribution is 2.29. The van der Waals surface area contributed by atoms with E-state index < -0.39 is 21.2 Å². The number of hydrogen-bond acceptors (Lipinski definition) is 3. The summed E-state index contributed by atoms with van der Waals surface area (Å²) in [5, 5.41) is 8.98. The van der Waals surface area contributed by atoms with Gasteiger partial charge in [0.05, 0.1) is 16.2 Å². The maximum Gasteiger partial charge on any atom is 0.181 e. The molecule has 88 valence electrons. The SMILES string of the molecule is Cc1ccc(S(=O)(=O)[C@H]2CC[C@@H](O)C2)cc1. The normalized spacial score (nSPS) is 25.9. The maximum atomic E-state index is 12.2. The molecule has 1 aliphatic rings. The third-order valence-corrected chi connectivity index (χ3v) is 5.38. The maximum absolute atomic E-state index is 12.2. The van der Waals surface area contributed by atoms with Gasteiger partial charge in [-0.05, 0) is 38.3 Å². The molecule has 1 aromatic rings. The molecule has 0 bridgehead atoms. The van der Waals surface area contributed by atoms with Gasteiger partial charge in [-0.25, -0.2) is 8.42 Å². The molecule has 0 aliphatic heterocycles. The second kappa shape index (κ2) is 4.18. The van der Waals surface area contributed by atoms with Crippen molar-refractivity contribution >= 4 is 9.84 Å². The molecule has 16 heavy (non-hydrogen) atoms. The molecule has 0 unspecified atom stereocenters. The van der Waals surface area contributed by atoms with Crippen LogP contribution < -0.4 is 0 Å². The monoisotopic (exact) mass is 240 g/mol. The molecule has 1 aromatic carbocycles. The van der Waals surface area contributed by atoms with Crippen molar-refractivity contribution in [3.63, 3.8) is 0 Å². The van der Waals surface area contributed by atoms with Gasteiger partial charge >= 0.3 is 0 Å². The topological polar surface area (TPSA) is 54.4 Å². The zero-order valence-electron chi connectivity index (χ0n) is 9.26. The van der Waals surface area contributed by atoms with Crippen molar-refractivity contribution < 1.29 is 13.5 Å². The van der Waals surface area contributed by atoms with Crippen LogP contribution in [0.25, 0.3) is 0 Å². The van der Waals surface area contributed by atoms with Gasteiger partial charge in [0.15, 0.2) is 9.84 Å². The molecule has 0 saturated heterocycles. The van der Waals surface area contributed by atoms with Crippen LogP contribution in [-0.2, 0) is 9.84 Å². The number of benzene rings is 1. The van der Waals surface area contributed by atoms with E-state index in [1.54, 1.807) is 24.3 Å². The average Bonchev–Trinajstić information content (AvgIpc) is 2.66. The van der Waals surface area contributed by atoms with Crippen molar-refractivity contribution in [3.8, 4) is 0 Å². The summed E-state index contributed by atoms with van der Waals surface area (Å²) in [5.41, 5.74) is 1.05. The molecule has 4 heteroatoms. The van der Waals surface area contributed by atoms with Crippen LogP contribution in [0, 0.1) is 6.92 Å². The van der Waals surface area contributed by atoms with Gasteiger partial charge < -0.3 is 5.11 Å². The standard InChI is InChI=1S/C12H16O3S/c1-9-2-5-11(6-3-9)16(14,15)12-7-4-10(13)8-12/h2-3,5-6,10,12-13H,4,7-8H2,1H3/t10-,12+/m1/s1. The number of aliphatic hydroxyl groups is 1. The summed E-state index contributed by atoms with van der Waals surface area (Å²) in [6, 6.07) is 6.90. The van der Waals surface area contributed by atoms with Crippen LogP contribution in [0.2, 0.25) is 0 Å². The van der Waals surface area contributed by atoms with Crippen molar-refractivity contribution in [1.29, 1.82) is 0 Å². The van der Waals surface area contributed by atoms with Gasteiger partial charge in [0, 0.05) is 0 Å². The fraction of sp³-hybridized carbons (Fsp3) is 0.500. The summed E-state index contributed by atoms with van der Waals surface area (Å²) in [7, 11) is -3.25. The Hall–Kier alpha value is -0.870. The minimum atomic E-state index is -3.25. The van der Waals surface area contributed by atoms with Crippen molar-refractivity contribution in [2.75, 3.05) is 0 Å². The van der Waals surface area contributed by atoms with Crippen LogP contribution in [0.4, 0.5) is 0 Å². The molecule has 2 atom stereocenters. The van der Waals surface area contributed by atoms with E-state index in [0.717, 1.165) is 5.56 Å². The average molecular weight is 240 g/mol. The second-order valence-electron chi connectivity index (χ2n) is 4.45.